The molecular formula is C23H26F3N6O4S-. The Balaban J connectivity index is 0.000000695. The normalized spacial score (nSPS) is 11.3. The van der Waals surface area contributed by atoms with Crippen LogP contribution in [0.15, 0.2) is 36.4 Å². The number of anilines is 2. The second-order valence-corrected chi connectivity index (χ2v) is 8.71. The van der Waals surface area contributed by atoms with E-state index in [9.17, 15) is 18.0 Å². The number of aliphatic hydroxyl groups is 2. The van der Waals surface area contributed by atoms with Crippen molar-refractivity contribution in [1.29, 1.82) is 0 Å². The third kappa shape index (κ3) is 7.76. The first-order chi connectivity index (χ1) is 17.6. The van der Waals surface area contributed by atoms with E-state index in [2.05, 4.69) is 25.3 Å². The molecule has 0 unspecified atom stereocenters. The van der Waals surface area contributed by atoms with E-state index in [4.69, 9.17) is 15.9 Å². The van der Waals surface area contributed by atoms with Gasteiger partial charge in [-0.3, -0.25) is 4.79 Å². The van der Waals surface area contributed by atoms with E-state index in [1.54, 1.807) is 29.8 Å². The van der Waals surface area contributed by atoms with Gasteiger partial charge in [-0.1, -0.05) is 11.3 Å². The van der Waals surface area contributed by atoms with E-state index in [1.165, 1.54) is 18.2 Å². The van der Waals surface area contributed by atoms with E-state index < -0.39 is 6.36 Å². The molecule has 10 nitrogen and oxygen atoms in total. The number of amides is 1. The van der Waals surface area contributed by atoms with Gasteiger partial charge in [-0.2, -0.15) is 0 Å². The van der Waals surface area contributed by atoms with Crippen molar-refractivity contribution in [2.75, 3.05) is 31.6 Å². The molecule has 0 saturated carbocycles. The highest BCUT2D eigenvalue weighted by atomic mass is 32.1. The predicted molar refractivity (Wildman–Crippen MR) is 135 cm³/mol. The Morgan fingerprint density at radius 2 is 1.86 bits per heavy atom. The lowest BCUT2D eigenvalue weighted by atomic mass is 10.2. The molecule has 2 aromatic carbocycles. The lowest BCUT2D eigenvalue weighted by molar-refractivity contribution is -0.274. The monoisotopic (exact) mass is 539 g/mol. The van der Waals surface area contributed by atoms with Crippen molar-refractivity contribution in [3.05, 3.63) is 47.7 Å². The third-order valence-corrected chi connectivity index (χ3v) is 5.84. The maximum Gasteiger partial charge on any atom is 0.573 e. The van der Waals surface area contributed by atoms with Gasteiger partial charge >= 0.3 is 6.36 Å². The highest BCUT2D eigenvalue weighted by molar-refractivity contribution is 7.22. The van der Waals surface area contributed by atoms with Crippen molar-refractivity contribution in [2.45, 2.75) is 19.2 Å². The van der Waals surface area contributed by atoms with Gasteiger partial charge in [0.05, 0.1) is 21.3 Å². The molecular weight excluding hydrogens is 513 g/mol. The number of hydrogen-bond donors (Lipinski definition) is 4. The van der Waals surface area contributed by atoms with E-state index >= 15 is 0 Å². The molecule has 5 N–H and O–H groups in total. The minimum absolute atomic E-state index is 0.00296. The summed E-state index contributed by atoms with van der Waals surface area (Å²) in [7, 11) is 1.79. The summed E-state index contributed by atoms with van der Waals surface area (Å²) in [5.74, 6) is -0.111. The van der Waals surface area contributed by atoms with Crippen molar-refractivity contribution < 1.29 is 32.9 Å². The minimum atomic E-state index is -4.76. The summed E-state index contributed by atoms with van der Waals surface area (Å²) in [6, 6.07) is 9.06. The van der Waals surface area contributed by atoms with Crippen LogP contribution in [0.5, 0.6) is 5.75 Å². The number of carbonyl (C=O) groups is 1. The highest BCUT2D eigenvalue weighted by Gasteiger charge is 2.31. The minimum Gasteiger partial charge on any atom is -0.677 e. The van der Waals surface area contributed by atoms with E-state index in [0.29, 0.717) is 58.3 Å². The van der Waals surface area contributed by atoms with Crippen LogP contribution in [0, 0.1) is 0 Å². The summed E-state index contributed by atoms with van der Waals surface area (Å²) in [4.78, 5) is 21.1. The number of nitrogens with zero attached hydrogens (tertiary/aromatic N) is 3. The fourth-order valence-electron chi connectivity index (χ4n) is 3.17. The van der Waals surface area contributed by atoms with Gasteiger partial charge in [0.15, 0.2) is 5.13 Å². The lowest BCUT2D eigenvalue weighted by Crippen LogP contribution is -2.24. The summed E-state index contributed by atoms with van der Waals surface area (Å²) in [6.07, 6.45) is -3.68. The SMILES string of the molecule is Cn1c(Nc2nc3ccc(OC(F)(F)F)cc3s2)nc2cc(C(=O)NCCCO)ccc21.[NH-]CCCO. The van der Waals surface area contributed by atoms with Gasteiger partial charge < -0.3 is 35.9 Å². The van der Waals surface area contributed by atoms with Crippen molar-refractivity contribution in [1.82, 2.24) is 19.9 Å². The zero-order valence-electron chi connectivity index (χ0n) is 19.8. The van der Waals surface area contributed by atoms with Crippen LogP contribution >= 0.6 is 11.3 Å². The van der Waals surface area contributed by atoms with Gasteiger partial charge in [0, 0.05) is 38.4 Å². The van der Waals surface area contributed by atoms with Crippen LogP contribution in [0.3, 0.4) is 0 Å². The molecule has 200 valence electrons. The number of rotatable bonds is 9. The number of nitrogens with one attached hydrogen (secondary N) is 3. The number of hydrogen-bond acceptors (Lipinski definition) is 8. The van der Waals surface area contributed by atoms with Crippen LogP contribution in [-0.4, -0.2) is 63.3 Å². The number of thiazole rings is 1. The van der Waals surface area contributed by atoms with Crippen LogP contribution in [0.25, 0.3) is 27.0 Å². The van der Waals surface area contributed by atoms with Crippen molar-refractivity contribution in [3.8, 4) is 5.75 Å². The quantitative estimate of drug-likeness (QED) is 0.231. The molecule has 1 amide bonds. The molecule has 4 aromatic rings. The number of benzene rings is 2. The van der Waals surface area contributed by atoms with Gasteiger partial charge in [-0.15, -0.1) is 19.7 Å². The smallest absolute Gasteiger partial charge is 0.573 e. The van der Waals surface area contributed by atoms with Crippen LogP contribution in [0.4, 0.5) is 24.3 Å². The Kier molecular flexibility index (Phi) is 9.63. The number of halogens is 3. The van der Waals surface area contributed by atoms with Crippen LogP contribution in [0.2, 0.25) is 0 Å². The highest BCUT2D eigenvalue weighted by Crippen LogP contribution is 2.33. The number of carbonyl (C=O) groups excluding carboxylic acids is 1. The van der Waals surface area contributed by atoms with Crippen LogP contribution in [-0.2, 0) is 7.05 Å². The summed E-state index contributed by atoms with van der Waals surface area (Å²) < 4.78 is 43.6. The van der Waals surface area contributed by atoms with Crippen molar-refractivity contribution in [3.63, 3.8) is 0 Å². The maximum atomic E-state index is 12.4. The first-order valence-electron chi connectivity index (χ1n) is 11.2. The number of aliphatic hydroxyl groups excluding tert-OH is 2. The number of ether oxygens (including phenoxy) is 1. The van der Waals surface area contributed by atoms with Crippen LogP contribution in [0.1, 0.15) is 23.2 Å². The molecule has 14 heteroatoms. The molecule has 0 aliphatic heterocycles. The molecule has 0 aliphatic rings. The molecule has 0 atom stereocenters. The largest absolute Gasteiger partial charge is 0.677 e. The summed E-state index contributed by atoms with van der Waals surface area (Å²) in [5, 5.41) is 23.0. The van der Waals surface area contributed by atoms with Crippen molar-refractivity contribution in [2.24, 2.45) is 7.05 Å². The topological polar surface area (TPSA) is 145 Å². The molecule has 0 spiro atoms. The second kappa shape index (κ2) is 12.7. The summed E-state index contributed by atoms with van der Waals surface area (Å²) >= 11 is 1.16. The van der Waals surface area contributed by atoms with Gasteiger partial charge in [-0.05, 0) is 43.2 Å². The second-order valence-electron chi connectivity index (χ2n) is 7.68. The van der Waals surface area contributed by atoms with Crippen molar-refractivity contribution >= 4 is 49.6 Å². The molecule has 2 heterocycles. The van der Waals surface area contributed by atoms with Gasteiger partial charge in [0.2, 0.25) is 5.95 Å². The predicted octanol–water partition coefficient (Wildman–Crippen LogP) is 4.36. The Hall–Kier alpha value is -3.46. The van der Waals surface area contributed by atoms with Gasteiger partial charge in [-0.25, -0.2) is 9.97 Å². The van der Waals surface area contributed by atoms with E-state index in [-0.39, 0.29) is 24.9 Å². The maximum absolute atomic E-state index is 12.4. The third-order valence-electron chi connectivity index (χ3n) is 4.91. The summed E-state index contributed by atoms with van der Waals surface area (Å²) in [6.45, 7) is 0.868. The lowest BCUT2D eigenvalue weighted by Gasteiger charge is -2.07. The number of aromatic nitrogens is 3. The number of aryl methyl sites for hydroxylation is 1. The zero-order valence-corrected chi connectivity index (χ0v) is 20.6. The van der Waals surface area contributed by atoms with E-state index in [0.717, 1.165) is 16.9 Å². The number of fused-ring (bicyclic) bond motifs is 2. The molecule has 0 aliphatic carbocycles. The Bertz CT molecular complexity index is 1340. The molecule has 0 fully saturated rings. The molecule has 37 heavy (non-hydrogen) atoms. The first kappa shape index (κ1) is 28.1. The molecule has 4 rings (SSSR count). The Morgan fingerprint density at radius 1 is 1.11 bits per heavy atom. The standard InChI is InChI=1S/C20H18F3N5O3S.C3H8NO/c1-28-15-6-3-11(17(30)24-7-2-8-29)9-14(15)25-18(28)27-19-26-13-5-4-12(10-16(13)32-19)31-20(21,22)23;4-2-1-3-5/h3-6,9-10,29H,2,7-8H2,1H3,(H,24,30)(H,25,26,27);4-5H,1-3H2/q;-1. The molecule has 0 bridgehead atoms. The summed E-state index contributed by atoms with van der Waals surface area (Å²) in [5.41, 5.74) is 8.77. The fraction of sp³-hybridized carbons (Fsp3) is 0.348. The van der Waals surface area contributed by atoms with Crippen LogP contribution < -0.4 is 15.4 Å². The average Bonchev–Trinajstić information content (AvgIpc) is 3.38. The number of imidazole rings is 1. The number of alkyl halides is 3. The molecule has 2 aromatic heterocycles. The van der Waals surface area contributed by atoms with Gasteiger partial charge in [0.25, 0.3) is 5.91 Å². The molecule has 0 radical (unpaired) electrons. The molecule has 0 saturated heterocycles. The Labute approximate surface area is 213 Å². The van der Waals surface area contributed by atoms with Gasteiger partial charge in [0.1, 0.15) is 5.75 Å². The Morgan fingerprint density at radius 3 is 2.51 bits per heavy atom. The average molecular weight is 540 g/mol. The first-order valence-corrected chi connectivity index (χ1v) is 12.0. The van der Waals surface area contributed by atoms with E-state index in [1.807, 2.05) is 0 Å². The fourth-order valence-corrected chi connectivity index (χ4v) is 4.05. The zero-order chi connectivity index (χ0) is 27.0.